The fourth-order valence-corrected chi connectivity index (χ4v) is 4.23. The first-order valence-corrected chi connectivity index (χ1v) is 9.40. The molecule has 0 spiro atoms. The minimum absolute atomic E-state index is 0.332. The third-order valence-electron chi connectivity index (χ3n) is 5.67. The Morgan fingerprint density at radius 3 is 2.65 bits per heavy atom. The van der Waals surface area contributed by atoms with E-state index in [1.165, 1.54) is 33.3 Å². The van der Waals surface area contributed by atoms with Crippen molar-refractivity contribution >= 4 is 10.9 Å². The summed E-state index contributed by atoms with van der Waals surface area (Å²) in [6, 6.07) is 11.5. The summed E-state index contributed by atoms with van der Waals surface area (Å²) in [4.78, 5) is 8.94. The van der Waals surface area contributed by atoms with Crippen LogP contribution < -0.4 is 0 Å². The van der Waals surface area contributed by atoms with Crippen molar-refractivity contribution in [2.75, 3.05) is 27.7 Å². The summed E-state index contributed by atoms with van der Waals surface area (Å²) in [7, 11) is 6.56. The van der Waals surface area contributed by atoms with Crippen LogP contribution in [0, 0.1) is 6.92 Å². The molecule has 0 saturated heterocycles. The first-order chi connectivity index (χ1) is 12.5. The van der Waals surface area contributed by atoms with Crippen LogP contribution >= 0.6 is 0 Å². The number of hydrogen-bond acceptors (Lipinski definition) is 3. The number of hydrogen-bond donors (Lipinski definition) is 0. The van der Waals surface area contributed by atoms with E-state index in [0.29, 0.717) is 6.04 Å². The van der Waals surface area contributed by atoms with E-state index in [1.54, 1.807) is 0 Å². The molecule has 0 saturated carbocycles. The van der Waals surface area contributed by atoms with Gasteiger partial charge in [-0.3, -0.25) is 4.98 Å². The molecular formula is C22H28N4. The monoisotopic (exact) mass is 348 g/mol. The quantitative estimate of drug-likeness (QED) is 0.719. The molecular weight excluding hydrogens is 320 g/mol. The molecule has 4 heteroatoms. The highest BCUT2D eigenvalue weighted by atomic mass is 15.2. The molecule has 136 valence electrons. The van der Waals surface area contributed by atoms with Crippen molar-refractivity contribution in [2.24, 2.45) is 0 Å². The molecule has 1 unspecified atom stereocenters. The van der Waals surface area contributed by atoms with Gasteiger partial charge in [0.25, 0.3) is 0 Å². The van der Waals surface area contributed by atoms with Gasteiger partial charge in [-0.25, -0.2) is 0 Å². The Bertz CT molecular complexity index is 911. The van der Waals surface area contributed by atoms with Crippen LogP contribution in [0.5, 0.6) is 0 Å². The van der Waals surface area contributed by atoms with Crippen LogP contribution in [0.15, 0.2) is 42.7 Å². The lowest BCUT2D eigenvalue weighted by molar-refractivity contribution is 0.263. The van der Waals surface area contributed by atoms with E-state index in [-0.39, 0.29) is 0 Å². The molecule has 3 heterocycles. The lowest BCUT2D eigenvalue weighted by atomic mass is 10.0. The van der Waals surface area contributed by atoms with Crippen LogP contribution in [-0.2, 0) is 19.5 Å². The number of fused-ring (bicyclic) bond motifs is 3. The van der Waals surface area contributed by atoms with E-state index in [1.807, 2.05) is 12.4 Å². The third-order valence-corrected chi connectivity index (χ3v) is 5.67. The predicted octanol–water partition coefficient (Wildman–Crippen LogP) is 3.64. The maximum absolute atomic E-state index is 4.19. The number of pyridine rings is 1. The molecule has 0 amide bonds. The van der Waals surface area contributed by atoms with Crippen molar-refractivity contribution in [1.82, 2.24) is 19.4 Å². The highest BCUT2D eigenvalue weighted by Gasteiger charge is 2.25. The Kier molecular flexibility index (Phi) is 4.55. The van der Waals surface area contributed by atoms with Crippen molar-refractivity contribution in [1.29, 1.82) is 0 Å². The van der Waals surface area contributed by atoms with Gasteiger partial charge in [0.2, 0.25) is 0 Å². The molecule has 3 aromatic rings. The predicted molar refractivity (Wildman–Crippen MR) is 107 cm³/mol. The largest absolute Gasteiger partial charge is 0.342 e. The van der Waals surface area contributed by atoms with E-state index >= 15 is 0 Å². The molecule has 1 aromatic carbocycles. The summed E-state index contributed by atoms with van der Waals surface area (Å²) in [5, 5.41) is 1.43. The first-order valence-electron chi connectivity index (χ1n) is 9.40. The highest BCUT2D eigenvalue weighted by Crippen LogP contribution is 2.33. The molecule has 0 fully saturated rings. The van der Waals surface area contributed by atoms with Gasteiger partial charge in [0, 0.05) is 55.0 Å². The number of nitrogens with zero attached hydrogens (tertiary/aromatic N) is 4. The Morgan fingerprint density at radius 1 is 1.15 bits per heavy atom. The lowest BCUT2D eigenvalue weighted by Gasteiger charge is -2.29. The van der Waals surface area contributed by atoms with Crippen molar-refractivity contribution in [3.8, 4) is 0 Å². The fourth-order valence-electron chi connectivity index (χ4n) is 4.23. The topological polar surface area (TPSA) is 24.3 Å². The fraction of sp³-hybridized carbons (Fsp3) is 0.409. The van der Waals surface area contributed by atoms with Crippen LogP contribution in [0.1, 0.15) is 28.4 Å². The number of benzene rings is 1. The summed E-state index contributed by atoms with van der Waals surface area (Å²) in [5.74, 6) is 0. The van der Waals surface area contributed by atoms with Gasteiger partial charge in [0.05, 0.1) is 6.04 Å². The maximum Gasteiger partial charge on any atom is 0.0523 e. The first kappa shape index (κ1) is 17.3. The lowest BCUT2D eigenvalue weighted by Crippen LogP contribution is -2.29. The summed E-state index contributed by atoms with van der Waals surface area (Å²) >= 11 is 0. The zero-order valence-corrected chi connectivity index (χ0v) is 16.2. The zero-order valence-electron chi connectivity index (χ0n) is 16.2. The smallest absolute Gasteiger partial charge is 0.0523 e. The molecule has 1 aliphatic heterocycles. The van der Waals surface area contributed by atoms with E-state index in [2.05, 4.69) is 77.7 Å². The van der Waals surface area contributed by atoms with Gasteiger partial charge < -0.3 is 14.4 Å². The molecule has 1 atom stereocenters. The SMILES string of the molecule is Cc1ccc2c(c1)c1c(n2CC(c2ccncc2)N(C)C)CCN(C)C1. The Hall–Kier alpha value is -2.17. The van der Waals surface area contributed by atoms with Crippen molar-refractivity contribution in [3.05, 3.63) is 65.1 Å². The molecule has 0 aliphatic carbocycles. The molecule has 2 aromatic heterocycles. The molecule has 26 heavy (non-hydrogen) atoms. The minimum Gasteiger partial charge on any atom is -0.342 e. The second-order valence-electron chi connectivity index (χ2n) is 7.80. The van der Waals surface area contributed by atoms with E-state index in [4.69, 9.17) is 0 Å². The van der Waals surface area contributed by atoms with Crippen LogP contribution in [0.2, 0.25) is 0 Å². The van der Waals surface area contributed by atoms with E-state index < -0.39 is 0 Å². The molecule has 0 radical (unpaired) electrons. The number of aromatic nitrogens is 2. The van der Waals surface area contributed by atoms with Crippen LogP contribution in [-0.4, -0.2) is 47.0 Å². The van der Waals surface area contributed by atoms with Gasteiger partial charge in [0.15, 0.2) is 0 Å². The summed E-state index contributed by atoms with van der Waals surface area (Å²) < 4.78 is 2.57. The van der Waals surface area contributed by atoms with Gasteiger partial charge in [-0.15, -0.1) is 0 Å². The van der Waals surface area contributed by atoms with Crippen molar-refractivity contribution in [3.63, 3.8) is 0 Å². The van der Waals surface area contributed by atoms with Gasteiger partial charge in [-0.2, -0.15) is 0 Å². The second kappa shape index (κ2) is 6.86. The Labute approximate surface area is 156 Å². The van der Waals surface area contributed by atoms with Gasteiger partial charge >= 0.3 is 0 Å². The number of likely N-dealkylation sites (N-methyl/N-ethyl adjacent to an activating group) is 2. The third kappa shape index (κ3) is 3.04. The van der Waals surface area contributed by atoms with E-state index in [9.17, 15) is 0 Å². The Morgan fingerprint density at radius 2 is 1.92 bits per heavy atom. The molecule has 0 N–H and O–H groups in total. The zero-order chi connectivity index (χ0) is 18.3. The summed E-state index contributed by atoms with van der Waals surface area (Å²) in [5.41, 5.74) is 7.07. The summed E-state index contributed by atoms with van der Waals surface area (Å²) in [6.07, 6.45) is 4.91. The van der Waals surface area contributed by atoms with Crippen LogP contribution in [0.3, 0.4) is 0 Å². The molecule has 4 nitrogen and oxygen atoms in total. The number of rotatable bonds is 4. The van der Waals surface area contributed by atoms with Crippen molar-refractivity contribution < 1.29 is 0 Å². The normalized spacial score (nSPS) is 16.2. The van der Waals surface area contributed by atoms with Crippen LogP contribution in [0.25, 0.3) is 10.9 Å². The highest BCUT2D eigenvalue weighted by molar-refractivity contribution is 5.86. The molecule has 1 aliphatic rings. The molecule has 4 rings (SSSR count). The second-order valence-corrected chi connectivity index (χ2v) is 7.80. The van der Waals surface area contributed by atoms with Gasteiger partial charge in [0.1, 0.15) is 0 Å². The molecule has 0 bridgehead atoms. The average Bonchev–Trinajstić information content (AvgIpc) is 2.92. The van der Waals surface area contributed by atoms with Gasteiger partial charge in [-0.05, 0) is 63.5 Å². The average molecular weight is 348 g/mol. The minimum atomic E-state index is 0.332. The van der Waals surface area contributed by atoms with Crippen LogP contribution in [0.4, 0.5) is 0 Å². The number of aryl methyl sites for hydroxylation is 1. The Balaban J connectivity index is 1.83. The summed E-state index contributed by atoms with van der Waals surface area (Å²) in [6.45, 7) is 5.33. The maximum atomic E-state index is 4.19. The van der Waals surface area contributed by atoms with Gasteiger partial charge in [-0.1, -0.05) is 11.6 Å². The standard InChI is InChI=1S/C22H28N4/c1-16-5-6-20-18(13-16)19-14-25(4)12-9-21(19)26(20)15-22(24(2)3)17-7-10-23-11-8-17/h5-8,10-11,13,22H,9,12,14-15H2,1-4H3. The van der Waals surface area contributed by atoms with Crippen molar-refractivity contribution in [2.45, 2.75) is 32.5 Å². The van der Waals surface area contributed by atoms with E-state index in [0.717, 1.165) is 26.1 Å².